The molecule has 0 bridgehead atoms. The number of amides is 4. The van der Waals surface area contributed by atoms with Crippen molar-refractivity contribution in [2.75, 3.05) is 89.2 Å². The van der Waals surface area contributed by atoms with E-state index < -0.39 is 11.8 Å². The molecule has 0 aliphatic carbocycles. The number of anilines is 2. The van der Waals surface area contributed by atoms with E-state index in [1.807, 2.05) is 13.8 Å². The van der Waals surface area contributed by atoms with E-state index in [-0.39, 0.29) is 35.0 Å². The number of carbonyl (C=O) groups excluding carboxylic acids is 6. The summed E-state index contributed by atoms with van der Waals surface area (Å²) in [5, 5.41) is 19.9. The van der Waals surface area contributed by atoms with Crippen LogP contribution in [0.5, 0.6) is 0 Å². The number of carboxylic acids is 1. The molecule has 0 saturated heterocycles. The molecule has 79 heavy (non-hydrogen) atoms. The lowest BCUT2D eigenvalue weighted by Gasteiger charge is -2.18. The second-order valence-electron chi connectivity index (χ2n) is 18.6. The summed E-state index contributed by atoms with van der Waals surface area (Å²) in [6, 6.07) is 8.50. The highest BCUT2D eigenvalue weighted by Gasteiger charge is 2.27. The van der Waals surface area contributed by atoms with Crippen LogP contribution < -0.4 is 27.0 Å². The predicted molar refractivity (Wildman–Crippen MR) is 307 cm³/mol. The molecule has 0 unspecified atom stereocenters. The summed E-state index contributed by atoms with van der Waals surface area (Å²) in [6.45, 7) is 33.9. The smallest absolute Gasteiger partial charge is 0.337 e. The Balaban J connectivity index is 0.000000282. The number of benzene rings is 2. The first kappa shape index (κ1) is 65.7. The second kappa shape index (κ2) is 32.3. The molecule has 2 aromatic carbocycles. The van der Waals surface area contributed by atoms with Gasteiger partial charge in [0.2, 0.25) is 5.91 Å². The molecule has 3 aromatic heterocycles. The number of hydrogen-bond donors (Lipinski definition) is 9. The van der Waals surface area contributed by atoms with Crippen molar-refractivity contribution in [1.29, 1.82) is 0 Å². The Bertz CT molecular complexity index is 2930. The van der Waals surface area contributed by atoms with Crippen molar-refractivity contribution < 1.29 is 47.4 Å². The molecule has 0 spiro atoms. The average Bonchev–Trinajstić information content (AvgIpc) is 4.24. The fourth-order valence-corrected chi connectivity index (χ4v) is 8.98. The van der Waals surface area contributed by atoms with E-state index in [9.17, 15) is 42.3 Å². The minimum atomic E-state index is -1.01. The van der Waals surface area contributed by atoms with Gasteiger partial charge in [0.25, 0.3) is 17.7 Å². The summed E-state index contributed by atoms with van der Waals surface area (Å²) in [5.41, 5.74) is 15.1. The van der Waals surface area contributed by atoms with Crippen molar-refractivity contribution in [1.82, 2.24) is 40.3 Å². The van der Waals surface area contributed by atoms with E-state index in [4.69, 9.17) is 10.8 Å². The van der Waals surface area contributed by atoms with Crippen LogP contribution in [0.4, 0.5) is 20.2 Å². The number of carboxylic acid groups (broad SMARTS) is 1. The number of carbonyl (C=O) groups is 7. The maximum atomic E-state index is 13.7. The van der Waals surface area contributed by atoms with Gasteiger partial charge in [0, 0.05) is 79.0 Å². The number of fused-ring (bicyclic) bond motifs is 2. The molecule has 19 nitrogen and oxygen atoms in total. The molecule has 4 amide bonds. The van der Waals surface area contributed by atoms with E-state index in [0.29, 0.717) is 87.6 Å². The molecular formula is C58H81F2N11O8. The van der Waals surface area contributed by atoms with Gasteiger partial charge in [0.15, 0.2) is 12.6 Å². The Labute approximate surface area is 462 Å². The number of aromatic amines is 3. The van der Waals surface area contributed by atoms with Gasteiger partial charge in [-0.25, -0.2) is 13.6 Å². The molecule has 0 radical (unpaired) electrons. The normalized spacial score (nSPS) is 12.5. The average molecular weight is 1100 g/mol. The second-order valence-corrected chi connectivity index (χ2v) is 18.6. The van der Waals surface area contributed by atoms with Crippen molar-refractivity contribution in [3.8, 4) is 0 Å². The highest BCUT2D eigenvalue weighted by Crippen LogP contribution is 2.34. The molecular weight excluding hydrogens is 1020 g/mol. The number of aryl methyl sites for hydroxylation is 3. The zero-order valence-electron chi connectivity index (χ0n) is 47.9. The number of halogens is 2. The molecule has 0 saturated carbocycles. The van der Waals surface area contributed by atoms with E-state index in [2.05, 4.69) is 92.5 Å². The van der Waals surface area contributed by atoms with E-state index in [0.717, 1.165) is 99.9 Å². The Morgan fingerprint density at radius 3 is 1.44 bits per heavy atom. The van der Waals surface area contributed by atoms with Crippen LogP contribution in [0, 0.1) is 53.2 Å². The van der Waals surface area contributed by atoms with Gasteiger partial charge in [-0.2, -0.15) is 0 Å². The molecule has 2 aliphatic rings. The Kier molecular flexibility index (Phi) is 26.9. The molecule has 10 N–H and O–H groups in total. The first-order valence-corrected chi connectivity index (χ1v) is 26.6. The standard InChI is InChI=1S/C22H27FN4O2.C14H23N3O2.C8H6FNO.C8H9NO3.C6H16N2/c1-5-27(6-2)10-9-24-22(29)20-13(3)19(25-14(20)4)12-17-16-11-15(23)7-8-18(16)26-21(17)28;1-5-17(6-2)8-7-15-14(19)13-10(3)12(9-18)16-11(13)4;9-6-1-2-7-5(3-6)4-8(11)10-7;1-4-6(3-10)9-5(2)7(4)8(11)12;1-3-8(4-2)6-5-7/h7-8,11-12,25H,5-6,9-10H2,1-4H3,(H,24,29)(H,26,28);9,16H,5-8H2,1-4H3,(H,15,19);1-3H,4H2,(H,10,11);3,9H,1-2H3,(H,11,12);3-7H2,1-2H3/b17-12-;;;;. The highest BCUT2D eigenvalue weighted by atomic mass is 19.1. The summed E-state index contributed by atoms with van der Waals surface area (Å²) in [6.07, 6.45) is 3.34. The fraction of sp³-hybridized carbons (Fsp3) is 0.431. The zero-order chi connectivity index (χ0) is 59.1. The van der Waals surface area contributed by atoms with E-state index >= 15 is 0 Å². The number of aromatic nitrogens is 3. The summed E-state index contributed by atoms with van der Waals surface area (Å²) < 4.78 is 26.2. The Morgan fingerprint density at radius 2 is 1.03 bits per heavy atom. The van der Waals surface area contributed by atoms with Crippen LogP contribution in [0.15, 0.2) is 36.4 Å². The third-order valence-electron chi connectivity index (χ3n) is 13.6. The lowest BCUT2D eigenvalue weighted by molar-refractivity contribution is -0.115. The minimum Gasteiger partial charge on any atom is -0.478 e. The van der Waals surface area contributed by atoms with Gasteiger partial charge in [-0.1, -0.05) is 41.5 Å². The number of nitrogens with zero attached hydrogens (tertiary/aromatic N) is 3. The van der Waals surface area contributed by atoms with Crippen molar-refractivity contribution in [3.63, 3.8) is 0 Å². The predicted octanol–water partition coefficient (Wildman–Crippen LogP) is 7.60. The van der Waals surface area contributed by atoms with Crippen LogP contribution in [0.25, 0.3) is 11.6 Å². The number of hydrogen-bond acceptors (Lipinski definition) is 11. The number of aromatic carboxylic acids is 1. The van der Waals surface area contributed by atoms with Crippen molar-refractivity contribution in [2.45, 2.75) is 89.5 Å². The topological polar surface area (TPSA) is 271 Å². The van der Waals surface area contributed by atoms with E-state index in [1.165, 1.54) is 24.3 Å². The van der Waals surface area contributed by atoms with E-state index in [1.54, 1.807) is 45.9 Å². The van der Waals surface area contributed by atoms with Gasteiger partial charge in [0.1, 0.15) is 11.6 Å². The van der Waals surface area contributed by atoms with Crippen molar-refractivity contribution in [2.24, 2.45) is 5.73 Å². The van der Waals surface area contributed by atoms with Crippen LogP contribution in [0.2, 0.25) is 0 Å². The van der Waals surface area contributed by atoms with Gasteiger partial charge < -0.3 is 61.8 Å². The van der Waals surface area contributed by atoms with Gasteiger partial charge in [-0.05, 0) is 146 Å². The third-order valence-corrected chi connectivity index (χ3v) is 13.6. The summed E-state index contributed by atoms with van der Waals surface area (Å²) in [7, 11) is 0. The first-order chi connectivity index (χ1) is 37.6. The van der Waals surface area contributed by atoms with Gasteiger partial charge in [0.05, 0.1) is 40.1 Å². The van der Waals surface area contributed by atoms with Gasteiger partial charge in [-0.15, -0.1) is 0 Å². The maximum absolute atomic E-state index is 13.7. The Morgan fingerprint density at radius 1 is 0.608 bits per heavy atom. The molecule has 0 fully saturated rings. The van der Waals surface area contributed by atoms with Crippen LogP contribution >= 0.6 is 0 Å². The largest absolute Gasteiger partial charge is 0.478 e. The first-order valence-electron chi connectivity index (χ1n) is 26.6. The van der Waals surface area contributed by atoms with Gasteiger partial charge in [-0.3, -0.25) is 28.8 Å². The summed E-state index contributed by atoms with van der Waals surface area (Å²) in [5.74, 6) is -2.32. The van der Waals surface area contributed by atoms with Gasteiger partial charge >= 0.3 is 5.97 Å². The molecule has 5 heterocycles. The minimum absolute atomic E-state index is 0.0643. The third kappa shape index (κ3) is 18.5. The molecule has 21 heteroatoms. The van der Waals surface area contributed by atoms with Crippen molar-refractivity contribution in [3.05, 3.63) is 127 Å². The number of likely N-dealkylation sites (N-methyl/N-ethyl adjacent to an activating group) is 3. The van der Waals surface area contributed by atoms with Crippen molar-refractivity contribution >= 4 is 65.2 Å². The highest BCUT2D eigenvalue weighted by molar-refractivity contribution is 6.35. The fourth-order valence-electron chi connectivity index (χ4n) is 8.98. The number of nitrogens with one attached hydrogen (secondary N) is 7. The van der Waals surface area contributed by atoms with Crippen LogP contribution in [-0.2, 0) is 16.0 Å². The zero-order valence-corrected chi connectivity index (χ0v) is 47.9. The number of nitrogens with two attached hydrogens (primary N) is 1. The monoisotopic (exact) mass is 1100 g/mol. The number of aldehydes is 2. The molecule has 0 atom stereocenters. The molecule has 2 aliphatic heterocycles. The Hall–Kier alpha value is -7.59. The SMILES string of the molecule is CCN(CC)CCN.CCN(CC)CCNC(=O)c1c(C)[nH]c(/C=C2\C(=O)Nc3ccc(F)cc32)c1C.CCN(CC)CCNC(=O)c1c(C)[nH]c(C=O)c1C.Cc1[nH]c(C=O)c(C)c1C(=O)O.O=C1Cc2cc(F)ccc2N1. The molecule has 430 valence electrons. The maximum Gasteiger partial charge on any atom is 0.337 e. The molecule has 5 aromatic rings. The quantitative estimate of drug-likeness (QED) is 0.0269. The summed E-state index contributed by atoms with van der Waals surface area (Å²) in [4.78, 5) is 95.4. The molecule has 7 rings (SSSR count). The van der Waals surface area contributed by atoms with Crippen LogP contribution in [-0.4, -0.2) is 155 Å². The lowest BCUT2D eigenvalue weighted by Crippen LogP contribution is -2.35. The number of rotatable bonds is 20. The lowest BCUT2D eigenvalue weighted by atomic mass is 10.0. The van der Waals surface area contributed by atoms with Crippen LogP contribution in [0.3, 0.4) is 0 Å². The number of H-pyrrole nitrogens is 3. The summed E-state index contributed by atoms with van der Waals surface area (Å²) >= 11 is 0. The van der Waals surface area contributed by atoms with Crippen LogP contribution in [0.1, 0.15) is 144 Å².